The number of benzene rings is 2. The van der Waals surface area contributed by atoms with Crippen molar-refractivity contribution in [2.75, 3.05) is 0 Å². The van der Waals surface area contributed by atoms with Crippen molar-refractivity contribution in [1.29, 1.82) is 0 Å². The molecule has 0 unspecified atom stereocenters. The number of allylic oxidation sites excluding steroid dienone is 2. The van der Waals surface area contributed by atoms with Crippen LogP contribution in [0.3, 0.4) is 0 Å². The van der Waals surface area contributed by atoms with Gasteiger partial charge >= 0.3 is 0 Å². The molecule has 104 valence electrons. The van der Waals surface area contributed by atoms with E-state index in [1.807, 2.05) is 48.5 Å². The molecule has 0 aliphatic rings. The van der Waals surface area contributed by atoms with Crippen LogP contribution in [-0.2, 0) is 0 Å². The molecule has 2 aromatic rings. The Hall–Kier alpha value is -2.22. The molecule has 0 aliphatic carbocycles. The van der Waals surface area contributed by atoms with E-state index in [0.29, 0.717) is 11.5 Å². The minimum Gasteiger partial charge on any atom is -0.593 e. The molecule has 0 aliphatic heterocycles. The average molecular weight is 270 g/mol. The van der Waals surface area contributed by atoms with Gasteiger partial charge in [-0.3, -0.25) is 0 Å². The Morgan fingerprint density at radius 1 is 0.650 bits per heavy atom. The highest BCUT2D eigenvalue weighted by Gasteiger charge is 2.10. The molecule has 2 nitrogen and oxygen atoms in total. The van der Waals surface area contributed by atoms with Crippen molar-refractivity contribution in [2.45, 2.75) is 26.7 Å². The molecule has 0 amide bonds. The maximum absolute atomic E-state index is 7.59. The molecule has 0 atom stereocenters. The Morgan fingerprint density at radius 2 is 0.950 bits per heavy atom. The van der Waals surface area contributed by atoms with Gasteiger partial charge in [-0.1, -0.05) is 13.8 Å². The summed E-state index contributed by atoms with van der Waals surface area (Å²) >= 11 is 0. The third-order valence-electron chi connectivity index (χ3n) is 3.54. The highest BCUT2D eigenvalue weighted by atomic mass is 16.3. The van der Waals surface area contributed by atoms with Gasteiger partial charge in [-0.05, 0) is 59.4 Å². The van der Waals surface area contributed by atoms with E-state index < -0.39 is 0 Å². The summed E-state index contributed by atoms with van der Waals surface area (Å²) in [5.41, 5.74) is 5.03. The van der Waals surface area contributed by atoms with Crippen LogP contribution >= 0.6 is 0 Å². The van der Waals surface area contributed by atoms with E-state index in [9.17, 15) is 0 Å². The van der Waals surface area contributed by atoms with Crippen LogP contribution in [-0.4, -0.2) is 10.2 Å². The maximum Gasteiger partial charge on any atom is 0.253 e. The standard InChI is InChI=1S/C18H20O2/c1-3-17(13-5-9-15(19)10-6-13)18(4-2)14-7-11-16(20)12-8-14/h5-12,19-20H,3-4H2,1-2H3/p+2. The number of hydrogen-bond acceptors (Lipinski definition) is 0. The van der Waals surface area contributed by atoms with Crippen LogP contribution in [0.1, 0.15) is 37.8 Å². The average Bonchev–Trinajstić information content (AvgIpc) is 2.47. The van der Waals surface area contributed by atoms with Crippen molar-refractivity contribution in [3.05, 3.63) is 59.7 Å². The normalized spacial score (nSPS) is 12.1. The van der Waals surface area contributed by atoms with Gasteiger partial charge in [0.15, 0.2) is 0 Å². The number of rotatable bonds is 4. The van der Waals surface area contributed by atoms with Gasteiger partial charge in [-0.2, -0.15) is 0 Å². The minimum absolute atomic E-state index is 0.542. The lowest BCUT2D eigenvalue weighted by Gasteiger charge is -2.13. The van der Waals surface area contributed by atoms with Gasteiger partial charge in [0.05, 0.1) is 0 Å². The van der Waals surface area contributed by atoms with Crippen molar-refractivity contribution >= 4 is 11.1 Å². The fraction of sp³-hybridized carbons (Fsp3) is 0.222. The second-order valence-corrected chi connectivity index (χ2v) is 4.82. The summed E-state index contributed by atoms with van der Waals surface area (Å²) in [6.07, 6.45) is 1.92. The van der Waals surface area contributed by atoms with Crippen molar-refractivity contribution in [1.82, 2.24) is 0 Å². The van der Waals surface area contributed by atoms with Crippen LogP contribution in [0.2, 0.25) is 0 Å². The minimum atomic E-state index is 0.542. The van der Waals surface area contributed by atoms with E-state index in [2.05, 4.69) is 13.8 Å². The van der Waals surface area contributed by atoms with E-state index in [4.69, 9.17) is 10.2 Å². The van der Waals surface area contributed by atoms with Crippen molar-refractivity contribution in [3.8, 4) is 11.5 Å². The first-order valence-corrected chi connectivity index (χ1v) is 7.01. The molecule has 4 N–H and O–H groups in total. The smallest absolute Gasteiger partial charge is 0.253 e. The van der Waals surface area contributed by atoms with E-state index in [-0.39, 0.29) is 0 Å². The first kappa shape index (κ1) is 14.2. The summed E-state index contributed by atoms with van der Waals surface area (Å²) in [6.45, 7) is 4.33. The van der Waals surface area contributed by atoms with Crippen molar-refractivity contribution in [3.63, 3.8) is 0 Å². The molecule has 0 aromatic heterocycles. The molecule has 0 saturated carbocycles. The first-order valence-electron chi connectivity index (χ1n) is 7.01. The molecule has 0 saturated heterocycles. The van der Waals surface area contributed by atoms with E-state index in [1.165, 1.54) is 22.3 Å². The van der Waals surface area contributed by atoms with Crippen LogP contribution < -0.4 is 0 Å². The predicted molar refractivity (Wildman–Crippen MR) is 86.4 cm³/mol. The SMILES string of the molecule is CCC(=C(CC)c1ccc([OH2+])cc1)c1ccc([OH2+])cc1. The summed E-state index contributed by atoms with van der Waals surface area (Å²) in [5.74, 6) is 1.08. The summed E-state index contributed by atoms with van der Waals surface area (Å²) < 4.78 is 0. The highest BCUT2D eigenvalue weighted by molar-refractivity contribution is 5.90. The molecule has 2 aromatic carbocycles. The third kappa shape index (κ3) is 3.02. The van der Waals surface area contributed by atoms with E-state index in [0.717, 1.165) is 12.8 Å². The molecule has 2 heteroatoms. The summed E-state index contributed by atoms with van der Waals surface area (Å²) in [5, 5.41) is 15.2. The fourth-order valence-corrected chi connectivity index (χ4v) is 2.53. The summed E-state index contributed by atoms with van der Waals surface area (Å²) in [7, 11) is 0. The van der Waals surface area contributed by atoms with Crippen molar-refractivity contribution < 1.29 is 10.2 Å². The van der Waals surface area contributed by atoms with Gasteiger partial charge in [-0.25, -0.2) is 0 Å². The fourth-order valence-electron chi connectivity index (χ4n) is 2.53. The van der Waals surface area contributed by atoms with Crippen LogP contribution in [0.4, 0.5) is 0 Å². The van der Waals surface area contributed by atoms with Gasteiger partial charge < -0.3 is 10.2 Å². The van der Waals surface area contributed by atoms with Gasteiger partial charge in [0.2, 0.25) is 0 Å². The third-order valence-corrected chi connectivity index (χ3v) is 3.54. The zero-order valence-corrected chi connectivity index (χ0v) is 12.0. The first-order chi connectivity index (χ1) is 9.65. The van der Waals surface area contributed by atoms with Gasteiger partial charge in [0, 0.05) is 24.3 Å². The molecule has 2 rings (SSSR count). The van der Waals surface area contributed by atoms with Crippen LogP contribution in [0, 0.1) is 0 Å². The second-order valence-electron chi connectivity index (χ2n) is 4.82. The Balaban J connectivity index is 2.52. The lowest BCUT2D eigenvalue weighted by Crippen LogP contribution is -1.91. The quantitative estimate of drug-likeness (QED) is 0.587. The Bertz CT molecular complexity index is 537. The zero-order chi connectivity index (χ0) is 14.5. The largest absolute Gasteiger partial charge is 0.593 e. The van der Waals surface area contributed by atoms with Gasteiger partial charge in [0.1, 0.15) is 0 Å². The molecule has 20 heavy (non-hydrogen) atoms. The molecule has 0 fully saturated rings. The molecule has 0 heterocycles. The van der Waals surface area contributed by atoms with E-state index in [1.54, 1.807) is 0 Å². The predicted octanol–water partition coefficient (Wildman–Crippen LogP) is 4.29. The molecule has 0 bridgehead atoms. The van der Waals surface area contributed by atoms with Gasteiger partial charge in [-0.15, -0.1) is 0 Å². The number of hydrogen-bond donors (Lipinski definition) is 0. The topological polar surface area (TPSA) is 45.8 Å². The van der Waals surface area contributed by atoms with Gasteiger partial charge in [0.25, 0.3) is 11.5 Å². The molecular formula is C18H22O2+2. The Kier molecular flexibility index (Phi) is 4.46. The molecule has 0 spiro atoms. The summed E-state index contributed by atoms with van der Waals surface area (Å²) in [4.78, 5) is 0. The van der Waals surface area contributed by atoms with Crippen molar-refractivity contribution in [2.24, 2.45) is 0 Å². The second kappa shape index (κ2) is 6.29. The maximum atomic E-state index is 7.59. The Morgan fingerprint density at radius 3 is 1.20 bits per heavy atom. The lowest BCUT2D eigenvalue weighted by atomic mass is 9.91. The molecule has 0 radical (unpaired) electrons. The van der Waals surface area contributed by atoms with Crippen LogP contribution in [0.25, 0.3) is 11.1 Å². The summed E-state index contributed by atoms with van der Waals surface area (Å²) in [6, 6.07) is 15.4. The monoisotopic (exact) mass is 270 g/mol. The van der Waals surface area contributed by atoms with Crippen LogP contribution in [0.15, 0.2) is 48.5 Å². The lowest BCUT2D eigenvalue weighted by molar-refractivity contribution is 0.474. The molecular weight excluding hydrogens is 248 g/mol. The highest BCUT2D eigenvalue weighted by Crippen LogP contribution is 2.32. The van der Waals surface area contributed by atoms with E-state index >= 15 is 0 Å². The zero-order valence-electron chi connectivity index (χ0n) is 12.0. The Labute approximate surface area is 120 Å². The van der Waals surface area contributed by atoms with Crippen LogP contribution in [0.5, 0.6) is 11.5 Å².